The van der Waals surface area contributed by atoms with Gasteiger partial charge in [0.15, 0.2) is 23.3 Å². The van der Waals surface area contributed by atoms with Gasteiger partial charge in [0.2, 0.25) is 5.82 Å². The summed E-state index contributed by atoms with van der Waals surface area (Å²) in [6.45, 7) is 0. The number of hydrogen-bond acceptors (Lipinski definition) is 6. The molecule has 0 saturated carbocycles. The lowest BCUT2D eigenvalue weighted by Gasteiger charge is -2.06. The molecule has 30 heavy (non-hydrogen) atoms. The number of furan rings is 1. The zero-order chi connectivity index (χ0) is 22.0. The minimum atomic E-state index is -2.30. The molecule has 0 aliphatic carbocycles. The molecule has 156 valence electrons. The topological polar surface area (TPSA) is 89.9 Å². The van der Waals surface area contributed by atoms with Gasteiger partial charge in [-0.3, -0.25) is 15.5 Å². The summed E-state index contributed by atoms with van der Waals surface area (Å²) >= 11 is 0. The van der Waals surface area contributed by atoms with Crippen LogP contribution in [0, 0.1) is 39.2 Å². The van der Waals surface area contributed by atoms with Crippen LogP contribution in [0.3, 0.4) is 0 Å². The van der Waals surface area contributed by atoms with E-state index in [9.17, 15) is 32.1 Å². The molecule has 0 radical (unpaired) electrons. The van der Waals surface area contributed by atoms with E-state index < -0.39 is 39.7 Å². The fraction of sp³-hybridized carbons (Fsp3) is 0.0556. The normalized spacial score (nSPS) is 11.1. The average molecular weight is 427 g/mol. The quantitative estimate of drug-likeness (QED) is 0.149. The van der Waals surface area contributed by atoms with E-state index in [0.29, 0.717) is 5.75 Å². The number of hydrogen-bond donors (Lipinski definition) is 1. The van der Waals surface area contributed by atoms with Crippen molar-refractivity contribution >= 4 is 17.6 Å². The molecule has 0 saturated heterocycles. The number of nitrogens with zero attached hydrogens (tertiary/aromatic N) is 2. The molecule has 2 aromatic carbocycles. The Balaban J connectivity index is 1.87. The van der Waals surface area contributed by atoms with Crippen LogP contribution in [0.15, 0.2) is 39.9 Å². The van der Waals surface area contributed by atoms with Gasteiger partial charge in [-0.15, -0.1) is 0 Å². The molecular weight excluding hydrogens is 417 g/mol. The first-order chi connectivity index (χ1) is 14.2. The zero-order valence-corrected chi connectivity index (χ0v) is 14.9. The first-order valence-corrected chi connectivity index (χ1v) is 7.97. The Morgan fingerprint density at radius 2 is 1.67 bits per heavy atom. The Morgan fingerprint density at radius 1 is 1.03 bits per heavy atom. The van der Waals surface area contributed by atoms with Gasteiger partial charge in [-0.1, -0.05) is 0 Å². The standard InChI is InChI=1S/C18H10F5N3O4/c1-29-8-2-4-11(26(27)28)10(6-8)12-5-3-9(30-12)7-24-25-18-16(22)14(20)13(19)15(21)17(18)23/h2-7,25H,1H3. The van der Waals surface area contributed by atoms with Gasteiger partial charge in [0.05, 0.1) is 23.8 Å². The van der Waals surface area contributed by atoms with Crippen molar-refractivity contribution in [2.24, 2.45) is 5.10 Å². The van der Waals surface area contributed by atoms with Gasteiger partial charge in [0.1, 0.15) is 23.0 Å². The van der Waals surface area contributed by atoms with E-state index >= 15 is 0 Å². The van der Waals surface area contributed by atoms with Crippen molar-refractivity contribution in [2.75, 3.05) is 12.5 Å². The number of nitro groups is 1. The van der Waals surface area contributed by atoms with Crippen molar-refractivity contribution in [1.29, 1.82) is 0 Å². The monoisotopic (exact) mass is 427 g/mol. The molecule has 3 rings (SSSR count). The Morgan fingerprint density at radius 3 is 2.27 bits per heavy atom. The van der Waals surface area contributed by atoms with Gasteiger partial charge in [-0.05, 0) is 24.3 Å². The van der Waals surface area contributed by atoms with Gasteiger partial charge >= 0.3 is 0 Å². The first kappa shape index (κ1) is 20.8. The summed E-state index contributed by atoms with van der Waals surface area (Å²) in [7, 11) is 1.37. The minimum absolute atomic E-state index is 0.0292. The predicted octanol–water partition coefficient (Wildman–Crippen LogP) is 5.00. The van der Waals surface area contributed by atoms with Crippen LogP contribution in [-0.2, 0) is 0 Å². The van der Waals surface area contributed by atoms with Gasteiger partial charge in [0, 0.05) is 6.07 Å². The van der Waals surface area contributed by atoms with Crippen LogP contribution < -0.4 is 10.2 Å². The molecule has 1 aromatic heterocycles. The maximum absolute atomic E-state index is 13.6. The van der Waals surface area contributed by atoms with Crippen LogP contribution in [0.4, 0.5) is 33.3 Å². The third kappa shape index (κ3) is 3.79. The highest BCUT2D eigenvalue weighted by Gasteiger charge is 2.25. The molecule has 0 spiro atoms. The van der Waals surface area contributed by atoms with E-state index in [2.05, 4.69) is 5.10 Å². The maximum Gasteiger partial charge on any atom is 0.280 e. The molecule has 0 aliphatic heterocycles. The van der Waals surface area contributed by atoms with Crippen molar-refractivity contribution in [1.82, 2.24) is 0 Å². The number of anilines is 1. The van der Waals surface area contributed by atoms with E-state index in [1.54, 1.807) is 5.43 Å². The van der Waals surface area contributed by atoms with Gasteiger partial charge in [0.25, 0.3) is 5.69 Å². The van der Waals surface area contributed by atoms with Crippen LogP contribution in [0.1, 0.15) is 5.76 Å². The summed E-state index contributed by atoms with van der Waals surface area (Å²) in [4.78, 5) is 10.6. The molecule has 7 nitrogen and oxygen atoms in total. The third-order valence-electron chi connectivity index (χ3n) is 3.87. The van der Waals surface area contributed by atoms with E-state index in [4.69, 9.17) is 9.15 Å². The molecule has 0 unspecified atom stereocenters. The first-order valence-electron chi connectivity index (χ1n) is 7.97. The highest BCUT2D eigenvalue weighted by Crippen LogP contribution is 2.34. The lowest BCUT2D eigenvalue weighted by atomic mass is 10.1. The number of nitrogens with one attached hydrogen (secondary N) is 1. The van der Waals surface area contributed by atoms with Crippen LogP contribution in [0.25, 0.3) is 11.3 Å². The van der Waals surface area contributed by atoms with Crippen LogP contribution in [0.2, 0.25) is 0 Å². The summed E-state index contributed by atoms with van der Waals surface area (Å²) < 4.78 is 77.0. The van der Waals surface area contributed by atoms with Crippen molar-refractivity contribution in [2.45, 2.75) is 0 Å². The van der Waals surface area contributed by atoms with E-state index in [1.807, 2.05) is 0 Å². The number of nitro benzene ring substituents is 1. The van der Waals surface area contributed by atoms with Gasteiger partial charge in [-0.2, -0.15) is 5.10 Å². The average Bonchev–Trinajstić information content (AvgIpc) is 3.21. The van der Waals surface area contributed by atoms with E-state index in [-0.39, 0.29) is 22.8 Å². The Labute approximate surface area is 164 Å². The molecule has 0 aliphatic rings. The summed E-state index contributed by atoms with van der Waals surface area (Å²) in [6.07, 6.45) is 0.882. The van der Waals surface area contributed by atoms with Crippen molar-refractivity contribution < 1.29 is 36.0 Å². The van der Waals surface area contributed by atoms with Crippen molar-refractivity contribution in [3.63, 3.8) is 0 Å². The molecule has 0 fully saturated rings. The number of rotatable bonds is 6. The molecule has 0 atom stereocenters. The molecule has 0 bridgehead atoms. The number of methoxy groups -OCH3 is 1. The largest absolute Gasteiger partial charge is 0.497 e. The zero-order valence-electron chi connectivity index (χ0n) is 14.9. The Bertz CT molecular complexity index is 1130. The second-order valence-electron chi connectivity index (χ2n) is 5.66. The molecule has 1 N–H and O–H groups in total. The number of ether oxygens (including phenoxy) is 1. The van der Waals surface area contributed by atoms with Crippen LogP contribution >= 0.6 is 0 Å². The number of benzene rings is 2. The van der Waals surface area contributed by atoms with Gasteiger partial charge in [-0.25, -0.2) is 22.0 Å². The molecular formula is C18H10F5N3O4. The highest BCUT2D eigenvalue weighted by atomic mass is 19.2. The van der Waals surface area contributed by atoms with Gasteiger partial charge < -0.3 is 9.15 Å². The predicted molar refractivity (Wildman–Crippen MR) is 94.8 cm³/mol. The highest BCUT2D eigenvalue weighted by molar-refractivity contribution is 5.79. The molecule has 1 heterocycles. The SMILES string of the molecule is COc1ccc([N+](=O)[O-])c(-c2ccc(C=NNc3c(F)c(F)c(F)c(F)c3F)o2)c1. The second kappa shape index (κ2) is 8.19. The van der Waals surface area contributed by atoms with E-state index in [0.717, 1.165) is 6.21 Å². The fourth-order valence-corrected chi connectivity index (χ4v) is 2.43. The molecule has 3 aromatic rings. The lowest BCUT2D eigenvalue weighted by molar-refractivity contribution is -0.384. The second-order valence-corrected chi connectivity index (χ2v) is 5.66. The fourth-order valence-electron chi connectivity index (χ4n) is 2.43. The van der Waals surface area contributed by atoms with Crippen LogP contribution in [-0.4, -0.2) is 18.2 Å². The molecule has 12 heteroatoms. The lowest BCUT2D eigenvalue weighted by Crippen LogP contribution is -2.06. The summed E-state index contributed by atoms with van der Waals surface area (Å²) in [5, 5.41) is 14.6. The third-order valence-corrected chi connectivity index (χ3v) is 3.87. The maximum atomic E-state index is 13.6. The minimum Gasteiger partial charge on any atom is -0.497 e. The Hall–Kier alpha value is -3.96. The van der Waals surface area contributed by atoms with E-state index in [1.165, 1.54) is 37.4 Å². The number of halogens is 5. The Kier molecular flexibility index (Phi) is 5.67. The van der Waals surface area contributed by atoms with Crippen LogP contribution in [0.5, 0.6) is 5.75 Å². The summed E-state index contributed by atoms with van der Waals surface area (Å²) in [6, 6.07) is 6.66. The van der Waals surface area contributed by atoms with Crippen molar-refractivity contribution in [3.05, 3.63) is 75.3 Å². The summed E-state index contributed by atoms with van der Waals surface area (Å²) in [5.74, 6) is -10.4. The number of hydrazone groups is 1. The smallest absolute Gasteiger partial charge is 0.280 e. The molecule has 0 amide bonds. The summed E-state index contributed by atoms with van der Waals surface area (Å²) in [5.41, 5.74) is 0.190. The van der Waals surface area contributed by atoms with Crippen molar-refractivity contribution in [3.8, 4) is 17.1 Å².